The molecule has 1 aromatic carbocycles. The number of anilines is 1. The Kier molecular flexibility index (Phi) is 6.06. The summed E-state index contributed by atoms with van der Waals surface area (Å²) in [6.45, 7) is 4.19. The van der Waals surface area contributed by atoms with Crippen LogP contribution in [0.15, 0.2) is 35.1 Å². The Bertz CT molecular complexity index is 677. The van der Waals surface area contributed by atoms with Crippen molar-refractivity contribution in [2.45, 2.75) is 20.0 Å². The van der Waals surface area contributed by atoms with Crippen molar-refractivity contribution < 1.29 is 14.3 Å². The van der Waals surface area contributed by atoms with Crippen molar-refractivity contribution in [3.8, 4) is 5.75 Å². The number of amides is 1. The molecule has 1 N–H and O–H groups in total. The van der Waals surface area contributed by atoms with Gasteiger partial charge < -0.3 is 14.8 Å². The van der Waals surface area contributed by atoms with E-state index in [2.05, 4.69) is 31.2 Å². The van der Waals surface area contributed by atoms with E-state index in [0.29, 0.717) is 23.7 Å². The maximum Gasteiger partial charge on any atom is 0.257 e. The van der Waals surface area contributed by atoms with Crippen LogP contribution >= 0.6 is 15.9 Å². The summed E-state index contributed by atoms with van der Waals surface area (Å²) in [6, 6.07) is 5.19. The van der Waals surface area contributed by atoms with E-state index in [-0.39, 0.29) is 12.0 Å². The molecule has 23 heavy (non-hydrogen) atoms. The molecule has 1 aromatic heterocycles. The fourth-order valence-corrected chi connectivity index (χ4v) is 2.38. The molecule has 0 unspecified atom stereocenters. The number of carbonyl (C=O) groups is 1. The molecule has 0 radical (unpaired) electrons. The van der Waals surface area contributed by atoms with Gasteiger partial charge in [-0.05, 0) is 32.0 Å². The molecule has 0 bridgehead atoms. The van der Waals surface area contributed by atoms with Gasteiger partial charge in [0.05, 0.1) is 24.7 Å². The fraction of sp³-hybridized carbons (Fsp3) is 0.312. The van der Waals surface area contributed by atoms with E-state index in [0.717, 1.165) is 10.2 Å². The molecule has 0 fully saturated rings. The van der Waals surface area contributed by atoms with Crippen LogP contribution in [0.2, 0.25) is 0 Å². The van der Waals surface area contributed by atoms with Crippen molar-refractivity contribution in [1.29, 1.82) is 0 Å². The molecule has 0 aliphatic heterocycles. The van der Waals surface area contributed by atoms with E-state index < -0.39 is 0 Å². The van der Waals surface area contributed by atoms with Crippen molar-refractivity contribution in [2.75, 3.05) is 19.0 Å². The SMILES string of the molecule is COC[C@H](C)Oc1cc(Br)cc(C(=O)Nc2cnc(C)cn2)c1. The van der Waals surface area contributed by atoms with Gasteiger partial charge >= 0.3 is 0 Å². The number of nitrogens with zero attached hydrogens (tertiary/aromatic N) is 2. The van der Waals surface area contributed by atoms with Gasteiger partial charge in [0.25, 0.3) is 5.91 Å². The van der Waals surface area contributed by atoms with Gasteiger partial charge in [0, 0.05) is 17.1 Å². The molecule has 0 spiro atoms. The second-order valence-corrected chi connectivity index (χ2v) is 5.97. The lowest BCUT2D eigenvalue weighted by atomic mass is 10.2. The van der Waals surface area contributed by atoms with E-state index in [1.165, 1.54) is 6.20 Å². The summed E-state index contributed by atoms with van der Waals surface area (Å²) >= 11 is 3.39. The summed E-state index contributed by atoms with van der Waals surface area (Å²) in [5.41, 5.74) is 1.25. The minimum atomic E-state index is -0.284. The molecule has 0 saturated carbocycles. The van der Waals surface area contributed by atoms with E-state index in [9.17, 15) is 4.79 Å². The molecular formula is C16H18BrN3O3. The van der Waals surface area contributed by atoms with E-state index in [1.54, 1.807) is 31.5 Å². The molecule has 1 atom stereocenters. The zero-order chi connectivity index (χ0) is 16.8. The van der Waals surface area contributed by atoms with E-state index >= 15 is 0 Å². The second-order valence-electron chi connectivity index (χ2n) is 5.06. The Hall–Kier alpha value is -1.99. The summed E-state index contributed by atoms with van der Waals surface area (Å²) in [6.07, 6.45) is 2.99. The number of aromatic nitrogens is 2. The van der Waals surface area contributed by atoms with Crippen LogP contribution < -0.4 is 10.1 Å². The summed E-state index contributed by atoms with van der Waals surface area (Å²) in [7, 11) is 1.61. The highest BCUT2D eigenvalue weighted by molar-refractivity contribution is 9.10. The minimum Gasteiger partial charge on any atom is -0.488 e. The number of aryl methyl sites for hydroxylation is 1. The lowest BCUT2D eigenvalue weighted by Crippen LogP contribution is -2.18. The van der Waals surface area contributed by atoms with Crippen LogP contribution in [-0.2, 0) is 4.74 Å². The Balaban J connectivity index is 2.13. The van der Waals surface area contributed by atoms with Crippen molar-refractivity contribution in [3.05, 3.63) is 46.3 Å². The van der Waals surface area contributed by atoms with Gasteiger partial charge in [-0.3, -0.25) is 9.78 Å². The Morgan fingerprint density at radius 1 is 1.30 bits per heavy atom. The molecule has 1 amide bonds. The quantitative estimate of drug-likeness (QED) is 0.833. The Labute approximate surface area is 143 Å². The van der Waals surface area contributed by atoms with Crippen LogP contribution in [0.1, 0.15) is 23.0 Å². The normalized spacial score (nSPS) is 11.8. The molecule has 7 heteroatoms. The number of halogens is 1. The number of nitrogens with one attached hydrogen (secondary N) is 1. The summed E-state index contributed by atoms with van der Waals surface area (Å²) in [5, 5.41) is 2.70. The first-order valence-corrected chi connectivity index (χ1v) is 7.83. The highest BCUT2D eigenvalue weighted by Crippen LogP contribution is 2.23. The van der Waals surface area contributed by atoms with Gasteiger partial charge in [0.1, 0.15) is 11.9 Å². The third-order valence-corrected chi connectivity index (χ3v) is 3.35. The molecule has 0 saturated heterocycles. The molecule has 0 aliphatic carbocycles. The van der Waals surface area contributed by atoms with Gasteiger partial charge in [-0.2, -0.15) is 0 Å². The standard InChI is InChI=1S/C16H18BrN3O3/c1-10-7-19-15(8-18-10)20-16(21)12-4-13(17)6-14(5-12)23-11(2)9-22-3/h4-8,11H,9H2,1-3H3,(H,19,20,21)/t11-/m0/s1. The summed E-state index contributed by atoms with van der Waals surface area (Å²) in [5.74, 6) is 0.702. The Morgan fingerprint density at radius 3 is 2.74 bits per heavy atom. The Morgan fingerprint density at radius 2 is 2.09 bits per heavy atom. The summed E-state index contributed by atoms with van der Waals surface area (Å²) in [4.78, 5) is 20.5. The third kappa shape index (κ3) is 5.30. The number of rotatable bonds is 6. The molecule has 122 valence electrons. The van der Waals surface area contributed by atoms with Gasteiger partial charge in [0.15, 0.2) is 5.82 Å². The number of ether oxygens (including phenoxy) is 2. The second kappa shape index (κ2) is 8.03. The lowest BCUT2D eigenvalue weighted by Gasteiger charge is -2.15. The van der Waals surface area contributed by atoms with Gasteiger partial charge in [-0.1, -0.05) is 15.9 Å². The van der Waals surface area contributed by atoms with Crippen molar-refractivity contribution in [2.24, 2.45) is 0 Å². The number of benzene rings is 1. The van der Waals surface area contributed by atoms with E-state index in [1.807, 2.05) is 13.8 Å². The molecular weight excluding hydrogens is 362 g/mol. The average molecular weight is 380 g/mol. The molecule has 2 aromatic rings. The zero-order valence-corrected chi connectivity index (χ0v) is 14.8. The summed E-state index contributed by atoms with van der Waals surface area (Å²) < 4.78 is 11.5. The van der Waals surface area contributed by atoms with Gasteiger partial charge in [-0.25, -0.2) is 4.98 Å². The predicted molar refractivity (Wildman–Crippen MR) is 90.8 cm³/mol. The number of carbonyl (C=O) groups excluding carboxylic acids is 1. The van der Waals surface area contributed by atoms with E-state index in [4.69, 9.17) is 9.47 Å². The lowest BCUT2D eigenvalue weighted by molar-refractivity contribution is 0.0917. The number of hydrogen-bond acceptors (Lipinski definition) is 5. The number of methoxy groups -OCH3 is 1. The molecule has 1 heterocycles. The molecule has 0 aliphatic rings. The minimum absolute atomic E-state index is 0.117. The average Bonchev–Trinajstić information content (AvgIpc) is 2.49. The first-order valence-electron chi connectivity index (χ1n) is 7.04. The first-order chi connectivity index (χ1) is 11.0. The number of hydrogen-bond donors (Lipinski definition) is 1. The molecule has 6 nitrogen and oxygen atoms in total. The zero-order valence-electron chi connectivity index (χ0n) is 13.2. The van der Waals surface area contributed by atoms with Crippen LogP contribution in [0.3, 0.4) is 0 Å². The van der Waals surface area contributed by atoms with Crippen molar-refractivity contribution in [3.63, 3.8) is 0 Å². The third-order valence-electron chi connectivity index (χ3n) is 2.89. The highest BCUT2D eigenvalue weighted by Gasteiger charge is 2.12. The first kappa shape index (κ1) is 17.4. The highest BCUT2D eigenvalue weighted by atomic mass is 79.9. The molecule has 2 rings (SSSR count). The predicted octanol–water partition coefficient (Wildman–Crippen LogP) is 3.21. The van der Waals surface area contributed by atoms with Gasteiger partial charge in [-0.15, -0.1) is 0 Å². The van der Waals surface area contributed by atoms with Crippen LogP contribution in [0.4, 0.5) is 5.82 Å². The van der Waals surface area contributed by atoms with Crippen molar-refractivity contribution >= 4 is 27.7 Å². The topological polar surface area (TPSA) is 73.3 Å². The monoisotopic (exact) mass is 379 g/mol. The largest absolute Gasteiger partial charge is 0.488 e. The van der Waals surface area contributed by atoms with Gasteiger partial charge in [0.2, 0.25) is 0 Å². The fourth-order valence-electron chi connectivity index (χ4n) is 1.91. The van der Waals surface area contributed by atoms with Crippen LogP contribution in [0, 0.1) is 6.92 Å². The maximum atomic E-state index is 12.3. The smallest absolute Gasteiger partial charge is 0.257 e. The van der Waals surface area contributed by atoms with Crippen molar-refractivity contribution in [1.82, 2.24) is 9.97 Å². The maximum absolute atomic E-state index is 12.3. The van der Waals surface area contributed by atoms with Crippen LogP contribution in [0.5, 0.6) is 5.75 Å². The van der Waals surface area contributed by atoms with Crippen LogP contribution in [0.25, 0.3) is 0 Å². The van der Waals surface area contributed by atoms with Crippen LogP contribution in [-0.4, -0.2) is 35.7 Å².